The van der Waals surface area contributed by atoms with Gasteiger partial charge in [0, 0.05) is 43.3 Å². The summed E-state index contributed by atoms with van der Waals surface area (Å²) in [6.45, 7) is 4.46. The van der Waals surface area contributed by atoms with Crippen molar-refractivity contribution in [1.29, 1.82) is 0 Å². The lowest BCUT2D eigenvalue weighted by Crippen LogP contribution is -2.30. The van der Waals surface area contributed by atoms with Gasteiger partial charge in [0.05, 0.1) is 0 Å². The van der Waals surface area contributed by atoms with Crippen LogP contribution in [-0.4, -0.2) is 43.0 Å². The summed E-state index contributed by atoms with van der Waals surface area (Å²) in [5.41, 5.74) is 3.40. The van der Waals surface area contributed by atoms with E-state index in [-0.39, 0.29) is 23.7 Å². The Kier molecular flexibility index (Phi) is 4.56. The molecule has 1 atom stereocenters. The number of amides is 3. The number of halogens is 1. The average molecular weight is 367 g/mol. The molecule has 3 amide bonds. The van der Waals surface area contributed by atoms with Crippen molar-refractivity contribution in [3.63, 3.8) is 0 Å². The summed E-state index contributed by atoms with van der Waals surface area (Å²) in [6, 6.07) is 11.9. The Morgan fingerprint density at radius 3 is 2.63 bits per heavy atom. The van der Waals surface area contributed by atoms with E-state index in [0.29, 0.717) is 31.7 Å². The SMILES string of the molecule is Cc1ccc(C(=O)N2CCC(c3ccc(F)cc3)C2)cc1N1CCNC1=O. The van der Waals surface area contributed by atoms with Crippen LogP contribution in [0.5, 0.6) is 0 Å². The number of nitrogens with zero attached hydrogens (tertiary/aromatic N) is 2. The van der Waals surface area contributed by atoms with Crippen molar-refractivity contribution in [2.45, 2.75) is 19.3 Å². The molecule has 0 spiro atoms. The molecule has 0 saturated carbocycles. The normalized spacial score (nSPS) is 19.5. The van der Waals surface area contributed by atoms with Gasteiger partial charge in [-0.2, -0.15) is 0 Å². The van der Waals surface area contributed by atoms with E-state index in [1.54, 1.807) is 17.0 Å². The van der Waals surface area contributed by atoms with E-state index in [2.05, 4.69) is 5.32 Å². The highest BCUT2D eigenvalue weighted by molar-refractivity contribution is 5.99. The molecular formula is C21H22FN3O2. The van der Waals surface area contributed by atoms with Gasteiger partial charge < -0.3 is 10.2 Å². The van der Waals surface area contributed by atoms with Crippen LogP contribution in [0.3, 0.4) is 0 Å². The largest absolute Gasteiger partial charge is 0.338 e. The molecule has 5 nitrogen and oxygen atoms in total. The molecule has 2 saturated heterocycles. The van der Waals surface area contributed by atoms with Crippen LogP contribution in [0.2, 0.25) is 0 Å². The van der Waals surface area contributed by atoms with Gasteiger partial charge in [0.25, 0.3) is 5.91 Å². The minimum absolute atomic E-state index is 0.0273. The van der Waals surface area contributed by atoms with Crippen LogP contribution in [-0.2, 0) is 0 Å². The molecule has 2 aromatic rings. The summed E-state index contributed by atoms with van der Waals surface area (Å²) in [5, 5.41) is 2.79. The van der Waals surface area contributed by atoms with Crippen molar-refractivity contribution in [2.24, 2.45) is 0 Å². The molecule has 0 bridgehead atoms. The standard InChI is InChI=1S/C21H22FN3O2/c1-14-2-3-16(12-19(14)25-11-9-23-21(25)27)20(26)24-10-8-17(13-24)15-4-6-18(22)7-5-15/h2-7,12,17H,8-11,13H2,1H3,(H,23,27). The molecule has 2 fully saturated rings. The van der Waals surface area contributed by atoms with E-state index in [1.807, 2.05) is 30.0 Å². The second-order valence-corrected chi connectivity index (χ2v) is 7.17. The molecule has 0 aliphatic carbocycles. The highest BCUT2D eigenvalue weighted by Crippen LogP contribution is 2.30. The highest BCUT2D eigenvalue weighted by Gasteiger charge is 2.29. The number of hydrogen-bond acceptors (Lipinski definition) is 2. The summed E-state index contributed by atoms with van der Waals surface area (Å²) in [6.07, 6.45) is 0.866. The quantitative estimate of drug-likeness (QED) is 0.905. The lowest BCUT2D eigenvalue weighted by atomic mass is 9.98. The number of likely N-dealkylation sites (tertiary alicyclic amines) is 1. The Labute approximate surface area is 157 Å². The van der Waals surface area contributed by atoms with Gasteiger partial charge >= 0.3 is 6.03 Å². The van der Waals surface area contributed by atoms with E-state index < -0.39 is 0 Å². The molecule has 27 heavy (non-hydrogen) atoms. The lowest BCUT2D eigenvalue weighted by molar-refractivity contribution is 0.0790. The van der Waals surface area contributed by atoms with Gasteiger partial charge in [0.2, 0.25) is 0 Å². The molecule has 1 N–H and O–H groups in total. The van der Waals surface area contributed by atoms with Crippen molar-refractivity contribution in [3.8, 4) is 0 Å². The Balaban J connectivity index is 1.51. The number of carbonyl (C=O) groups is 2. The maximum Gasteiger partial charge on any atom is 0.322 e. The number of hydrogen-bond donors (Lipinski definition) is 1. The number of rotatable bonds is 3. The second kappa shape index (κ2) is 7.02. The molecule has 2 aliphatic heterocycles. The first-order chi connectivity index (χ1) is 13.0. The highest BCUT2D eigenvalue weighted by atomic mass is 19.1. The molecule has 4 rings (SSSR count). The lowest BCUT2D eigenvalue weighted by Gasteiger charge is -2.20. The zero-order valence-corrected chi connectivity index (χ0v) is 15.2. The van der Waals surface area contributed by atoms with Crippen LogP contribution in [0.4, 0.5) is 14.9 Å². The topological polar surface area (TPSA) is 52.7 Å². The molecule has 2 aliphatic rings. The maximum atomic E-state index is 13.1. The van der Waals surface area contributed by atoms with Crippen LogP contribution in [0.1, 0.15) is 33.8 Å². The van der Waals surface area contributed by atoms with E-state index in [1.165, 1.54) is 12.1 Å². The number of nitrogens with one attached hydrogen (secondary N) is 1. The molecule has 140 valence electrons. The zero-order valence-electron chi connectivity index (χ0n) is 15.2. The fourth-order valence-corrected chi connectivity index (χ4v) is 3.87. The Morgan fingerprint density at radius 2 is 1.93 bits per heavy atom. The van der Waals surface area contributed by atoms with Crippen molar-refractivity contribution in [3.05, 3.63) is 65.0 Å². The summed E-state index contributed by atoms with van der Waals surface area (Å²) in [7, 11) is 0. The third-order valence-electron chi connectivity index (χ3n) is 5.42. The van der Waals surface area contributed by atoms with E-state index in [0.717, 1.165) is 23.2 Å². The Bertz CT molecular complexity index is 881. The first kappa shape index (κ1) is 17.5. The molecule has 2 heterocycles. The molecule has 2 aromatic carbocycles. The monoisotopic (exact) mass is 367 g/mol. The van der Waals surface area contributed by atoms with E-state index >= 15 is 0 Å². The number of benzene rings is 2. The zero-order chi connectivity index (χ0) is 19.0. The smallest absolute Gasteiger partial charge is 0.322 e. The Morgan fingerprint density at radius 1 is 1.15 bits per heavy atom. The van der Waals surface area contributed by atoms with Crippen molar-refractivity contribution >= 4 is 17.6 Å². The van der Waals surface area contributed by atoms with Gasteiger partial charge in [-0.15, -0.1) is 0 Å². The van der Waals surface area contributed by atoms with E-state index in [9.17, 15) is 14.0 Å². The minimum Gasteiger partial charge on any atom is -0.338 e. The number of aryl methyl sites for hydroxylation is 1. The molecule has 0 aromatic heterocycles. The van der Waals surface area contributed by atoms with Crippen LogP contribution >= 0.6 is 0 Å². The van der Waals surface area contributed by atoms with Gasteiger partial charge in [-0.1, -0.05) is 18.2 Å². The fourth-order valence-electron chi connectivity index (χ4n) is 3.87. The van der Waals surface area contributed by atoms with Crippen molar-refractivity contribution in [1.82, 2.24) is 10.2 Å². The maximum absolute atomic E-state index is 13.1. The Hall–Kier alpha value is -2.89. The minimum atomic E-state index is -0.247. The van der Waals surface area contributed by atoms with Gasteiger partial charge in [0.15, 0.2) is 0 Å². The van der Waals surface area contributed by atoms with Gasteiger partial charge in [-0.25, -0.2) is 9.18 Å². The third-order valence-corrected chi connectivity index (χ3v) is 5.42. The summed E-state index contributed by atoms with van der Waals surface area (Å²) in [4.78, 5) is 28.5. The van der Waals surface area contributed by atoms with Crippen LogP contribution in [0.15, 0.2) is 42.5 Å². The first-order valence-electron chi connectivity index (χ1n) is 9.23. The molecule has 1 unspecified atom stereocenters. The van der Waals surface area contributed by atoms with E-state index in [4.69, 9.17) is 0 Å². The number of carbonyl (C=O) groups excluding carboxylic acids is 2. The van der Waals surface area contributed by atoms with Crippen LogP contribution < -0.4 is 10.2 Å². The second-order valence-electron chi connectivity index (χ2n) is 7.17. The predicted molar refractivity (Wildman–Crippen MR) is 102 cm³/mol. The summed E-state index contributed by atoms with van der Waals surface area (Å²) >= 11 is 0. The van der Waals surface area contributed by atoms with Gasteiger partial charge in [-0.3, -0.25) is 9.69 Å². The van der Waals surface area contributed by atoms with Gasteiger partial charge in [0.1, 0.15) is 5.82 Å². The summed E-state index contributed by atoms with van der Waals surface area (Å²) < 4.78 is 13.1. The van der Waals surface area contributed by atoms with Crippen LogP contribution in [0, 0.1) is 12.7 Å². The number of urea groups is 1. The third kappa shape index (κ3) is 3.39. The molecule has 6 heteroatoms. The van der Waals surface area contributed by atoms with Crippen molar-refractivity contribution in [2.75, 3.05) is 31.1 Å². The van der Waals surface area contributed by atoms with Gasteiger partial charge in [-0.05, 0) is 48.7 Å². The molecule has 0 radical (unpaired) electrons. The predicted octanol–water partition coefficient (Wildman–Crippen LogP) is 3.29. The number of anilines is 1. The average Bonchev–Trinajstić information content (AvgIpc) is 3.32. The summed E-state index contributed by atoms with van der Waals surface area (Å²) in [5.74, 6) is -0.0490. The fraction of sp³-hybridized carbons (Fsp3) is 0.333. The van der Waals surface area contributed by atoms with Crippen LogP contribution in [0.25, 0.3) is 0 Å². The molecular weight excluding hydrogens is 345 g/mol. The first-order valence-corrected chi connectivity index (χ1v) is 9.23. The van der Waals surface area contributed by atoms with Crippen molar-refractivity contribution < 1.29 is 14.0 Å².